The Hall–Kier alpha value is -1.06. The van der Waals surface area contributed by atoms with Gasteiger partial charge in [-0.3, -0.25) is 9.59 Å². The molecule has 0 aromatic heterocycles. The van der Waals surface area contributed by atoms with E-state index in [-0.39, 0.29) is 18.0 Å². The lowest BCUT2D eigenvalue weighted by atomic mass is 10.1. The number of carbonyl (C=O) groups excluding carboxylic acids is 2. The molecule has 0 spiro atoms. The lowest BCUT2D eigenvalue weighted by Crippen LogP contribution is -2.15. The number of rotatable bonds is 21. The van der Waals surface area contributed by atoms with Crippen LogP contribution in [0, 0.1) is 0 Å². The van der Waals surface area contributed by atoms with Gasteiger partial charge in [-0.05, 0) is 32.6 Å². The van der Waals surface area contributed by atoms with E-state index in [2.05, 4.69) is 13.8 Å². The summed E-state index contributed by atoms with van der Waals surface area (Å²) in [7, 11) is 0. The van der Waals surface area contributed by atoms with Gasteiger partial charge < -0.3 is 9.47 Å². The van der Waals surface area contributed by atoms with Gasteiger partial charge in [-0.2, -0.15) is 0 Å². The molecule has 0 radical (unpaired) electrons. The molecule has 0 aliphatic heterocycles. The molecule has 0 amide bonds. The molecule has 4 nitrogen and oxygen atoms in total. The van der Waals surface area contributed by atoms with Gasteiger partial charge in [-0.15, -0.1) is 0 Å². The third kappa shape index (κ3) is 21.5. The fraction of sp³-hybridized carbons (Fsp3) is 0.920. The average molecular weight is 413 g/mol. The first-order valence-electron chi connectivity index (χ1n) is 12.4. The number of esters is 2. The molecule has 4 heteroatoms. The Kier molecular flexibility index (Phi) is 20.9. The zero-order valence-electron chi connectivity index (χ0n) is 19.6. The summed E-state index contributed by atoms with van der Waals surface area (Å²) in [6.45, 7) is 6.89. The number of hydrogen-bond donors (Lipinski definition) is 0. The van der Waals surface area contributed by atoms with Crippen LogP contribution >= 0.6 is 0 Å². The molecular weight excluding hydrogens is 364 g/mol. The summed E-state index contributed by atoms with van der Waals surface area (Å²) < 4.78 is 10.7. The lowest BCUT2D eigenvalue weighted by molar-refractivity contribution is -0.149. The molecule has 0 saturated heterocycles. The Morgan fingerprint density at radius 1 is 0.621 bits per heavy atom. The quantitative estimate of drug-likeness (QED) is 0.144. The Balaban J connectivity index is 3.41. The summed E-state index contributed by atoms with van der Waals surface area (Å²) in [5.41, 5.74) is 0. The molecule has 0 saturated carbocycles. The van der Waals surface area contributed by atoms with Crippen molar-refractivity contribution in [1.29, 1.82) is 0 Å². The predicted molar refractivity (Wildman–Crippen MR) is 121 cm³/mol. The summed E-state index contributed by atoms with van der Waals surface area (Å²) in [4.78, 5) is 23.5. The molecule has 29 heavy (non-hydrogen) atoms. The van der Waals surface area contributed by atoms with E-state index in [1.54, 1.807) is 0 Å². The molecule has 0 fully saturated rings. The molecule has 0 N–H and O–H groups in total. The maximum Gasteiger partial charge on any atom is 0.306 e. The second-order valence-corrected chi connectivity index (χ2v) is 8.41. The Morgan fingerprint density at radius 2 is 1.10 bits per heavy atom. The van der Waals surface area contributed by atoms with Gasteiger partial charge in [0.15, 0.2) is 0 Å². The normalized spacial score (nSPS) is 12.0. The zero-order valence-corrected chi connectivity index (χ0v) is 19.6. The first-order valence-corrected chi connectivity index (χ1v) is 12.4. The minimum absolute atomic E-state index is 0.0253. The van der Waals surface area contributed by atoms with Crippen molar-refractivity contribution >= 4 is 11.9 Å². The summed E-state index contributed by atoms with van der Waals surface area (Å²) in [6.07, 6.45) is 19.5. The second-order valence-electron chi connectivity index (χ2n) is 8.41. The van der Waals surface area contributed by atoms with Crippen molar-refractivity contribution in [2.45, 2.75) is 142 Å². The lowest BCUT2D eigenvalue weighted by Gasteiger charge is -2.13. The molecule has 0 heterocycles. The smallest absolute Gasteiger partial charge is 0.306 e. The van der Waals surface area contributed by atoms with Gasteiger partial charge in [0, 0.05) is 12.8 Å². The van der Waals surface area contributed by atoms with Crippen LogP contribution in [0.25, 0.3) is 0 Å². The van der Waals surface area contributed by atoms with Gasteiger partial charge >= 0.3 is 11.9 Å². The fourth-order valence-corrected chi connectivity index (χ4v) is 3.43. The van der Waals surface area contributed by atoms with E-state index in [0.29, 0.717) is 25.9 Å². The van der Waals surface area contributed by atoms with E-state index in [1.165, 1.54) is 70.6 Å². The maximum atomic E-state index is 11.8. The first kappa shape index (κ1) is 27.9. The zero-order chi connectivity index (χ0) is 21.6. The molecule has 0 bridgehead atoms. The van der Waals surface area contributed by atoms with E-state index >= 15 is 0 Å². The van der Waals surface area contributed by atoms with E-state index in [9.17, 15) is 9.59 Å². The summed E-state index contributed by atoms with van der Waals surface area (Å²) >= 11 is 0. The van der Waals surface area contributed by atoms with Crippen molar-refractivity contribution in [3.8, 4) is 0 Å². The Labute approximate surface area is 180 Å². The first-order chi connectivity index (χ1) is 14.1. The van der Waals surface area contributed by atoms with Crippen LogP contribution in [0.4, 0.5) is 0 Å². The van der Waals surface area contributed by atoms with Crippen molar-refractivity contribution in [3.05, 3.63) is 0 Å². The van der Waals surface area contributed by atoms with Crippen LogP contribution in [0.3, 0.4) is 0 Å². The van der Waals surface area contributed by atoms with Gasteiger partial charge in [0.2, 0.25) is 0 Å². The van der Waals surface area contributed by atoms with Gasteiger partial charge in [-0.1, -0.05) is 90.9 Å². The highest BCUT2D eigenvalue weighted by atomic mass is 16.5. The molecular formula is C25H48O4. The molecule has 1 atom stereocenters. The monoisotopic (exact) mass is 412 g/mol. The molecule has 1 unspecified atom stereocenters. The van der Waals surface area contributed by atoms with Crippen LogP contribution in [0.15, 0.2) is 0 Å². The highest BCUT2D eigenvalue weighted by Gasteiger charge is 2.11. The molecule has 0 aromatic rings. The SMILES string of the molecule is CCCCCCCCCCCCOC(=O)CCCC(=O)OC(C)CCCCCC. The van der Waals surface area contributed by atoms with E-state index in [4.69, 9.17) is 9.47 Å². The maximum absolute atomic E-state index is 11.8. The summed E-state index contributed by atoms with van der Waals surface area (Å²) in [6, 6.07) is 0. The number of carbonyl (C=O) groups is 2. The van der Waals surface area contributed by atoms with Crippen LogP contribution in [0.2, 0.25) is 0 Å². The summed E-state index contributed by atoms with van der Waals surface area (Å²) in [5.74, 6) is -0.392. The third-order valence-electron chi connectivity index (χ3n) is 5.32. The van der Waals surface area contributed by atoms with E-state index < -0.39 is 0 Å². The van der Waals surface area contributed by atoms with Crippen LogP contribution in [-0.4, -0.2) is 24.6 Å². The molecule has 0 aromatic carbocycles. The van der Waals surface area contributed by atoms with Gasteiger partial charge in [0.1, 0.15) is 0 Å². The second kappa shape index (κ2) is 21.6. The molecule has 0 rings (SSSR count). The van der Waals surface area contributed by atoms with E-state index in [0.717, 1.165) is 25.7 Å². The number of unbranched alkanes of at least 4 members (excludes halogenated alkanes) is 12. The minimum Gasteiger partial charge on any atom is -0.466 e. The molecule has 0 aliphatic carbocycles. The topological polar surface area (TPSA) is 52.6 Å². The summed E-state index contributed by atoms with van der Waals surface area (Å²) in [5, 5.41) is 0. The van der Waals surface area contributed by atoms with E-state index in [1.807, 2.05) is 6.92 Å². The Bertz CT molecular complexity index is 381. The molecule has 0 aliphatic rings. The van der Waals surface area contributed by atoms with Crippen molar-refractivity contribution in [1.82, 2.24) is 0 Å². The number of ether oxygens (including phenoxy) is 2. The van der Waals surface area contributed by atoms with Crippen molar-refractivity contribution in [3.63, 3.8) is 0 Å². The highest BCUT2D eigenvalue weighted by molar-refractivity contribution is 5.72. The third-order valence-corrected chi connectivity index (χ3v) is 5.32. The standard InChI is InChI=1S/C25H48O4/c1-4-6-8-10-11-12-13-14-15-17-22-28-24(26)20-18-21-25(27)29-23(3)19-16-9-7-5-2/h23H,4-22H2,1-3H3. The van der Waals surface area contributed by atoms with Crippen molar-refractivity contribution in [2.24, 2.45) is 0 Å². The minimum atomic E-state index is -0.199. The van der Waals surface area contributed by atoms with Crippen LogP contribution in [-0.2, 0) is 19.1 Å². The largest absolute Gasteiger partial charge is 0.466 e. The average Bonchev–Trinajstić information content (AvgIpc) is 2.69. The van der Waals surface area contributed by atoms with Gasteiger partial charge in [-0.25, -0.2) is 0 Å². The van der Waals surface area contributed by atoms with Gasteiger partial charge in [0.05, 0.1) is 12.7 Å². The van der Waals surface area contributed by atoms with Crippen LogP contribution in [0.1, 0.15) is 136 Å². The van der Waals surface area contributed by atoms with Crippen LogP contribution in [0.5, 0.6) is 0 Å². The molecule has 172 valence electrons. The van der Waals surface area contributed by atoms with Gasteiger partial charge in [0.25, 0.3) is 0 Å². The van der Waals surface area contributed by atoms with Crippen molar-refractivity contribution in [2.75, 3.05) is 6.61 Å². The highest BCUT2D eigenvalue weighted by Crippen LogP contribution is 2.11. The fourth-order valence-electron chi connectivity index (χ4n) is 3.43. The number of hydrogen-bond acceptors (Lipinski definition) is 4. The van der Waals surface area contributed by atoms with Crippen LogP contribution < -0.4 is 0 Å². The Morgan fingerprint density at radius 3 is 1.69 bits per heavy atom. The predicted octanol–water partition coefficient (Wildman–Crippen LogP) is 7.52. The van der Waals surface area contributed by atoms with Crippen molar-refractivity contribution < 1.29 is 19.1 Å².